The Balaban J connectivity index is 2.42. The molecule has 0 heterocycles. The van der Waals surface area contributed by atoms with Crippen LogP contribution in [-0.2, 0) is 0 Å². The summed E-state index contributed by atoms with van der Waals surface area (Å²) in [5.74, 6) is -0.697. The van der Waals surface area contributed by atoms with Crippen molar-refractivity contribution in [3.63, 3.8) is 0 Å². The first-order valence-electron chi connectivity index (χ1n) is 7.99. The van der Waals surface area contributed by atoms with E-state index in [1.807, 2.05) is 25.8 Å². The van der Waals surface area contributed by atoms with Gasteiger partial charge < -0.3 is 14.5 Å². The predicted molar refractivity (Wildman–Crippen MR) is 98.6 cm³/mol. The summed E-state index contributed by atoms with van der Waals surface area (Å²) >= 11 is 0. The van der Waals surface area contributed by atoms with Gasteiger partial charge in [-0.25, -0.2) is 13.8 Å². The van der Waals surface area contributed by atoms with Gasteiger partial charge in [0.05, 0.1) is 19.1 Å². The molecule has 0 fully saturated rings. The monoisotopic (exact) mass is 347 g/mol. The highest BCUT2D eigenvalue weighted by Gasteiger charge is 2.14. The minimum atomic E-state index is -0.469. The molecule has 0 saturated carbocycles. The highest BCUT2D eigenvalue weighted by molar-refractivity contribution is 5.73. The van der Waals surface area contributed by atoms with Gasteiger partial charge in [0.15, 0.2) is 11.6 Å². The van der Waals surface area contributed by atoms with E-state index in [0.717, 1.165) is 12.1 Å². The molecule has 0 aliphatic carbocycles. The van der Waals surface area contributed by atoms with Crippen LogP contribution in [0.5, 0.6) is 5.75 Å². The first kappa shape index (κ1) is 18.7. The maximum absolute atomic E-state index is 14.1. The van der Waals surface area contributed by atoms with Crippen LogP contribution < -0.4 is 9.64 Å². The molecule has 134 valence electrons. The molecule has 0 aliphatic rings. The van der Waals surface area contributed by atoms with Crippen molar-refractivity contribution in [1.82, 2.24) is 4.90 Å². The maximum atomic E-state index is 14.1. The van der Waals surface area contributed by atoms with E-state index in [9.17, 15) is 8.78 Å². The summed E-state index contributed by atoms with van der Waals surface area (Å²) in [4.78, 5) is 7.98. The van der Waals surface area contributed by atoms with Gasteiger partial charge in [-0.05, 0) is 43.7 Å². The van der Waals surface area contributed by atoms with Crippen LogP contribution in [0.25, 0.3) is 0 Å². The molecular weight excluding hydrogens is 324 g/mol. The van der Waals surface area contributed by atoms with Crippen LogP contribution >= 0.6 is 0 Å². The van der Waals surface area contributed by atoms with E-state index < -0.39 is 11.6 Å². The topological polar surface area (TPSA) is 28.1 Å². The van der Waals surface area contributed by atoms with Gasteiger partial charge in [-0.15, -0.1) is 0 Å². The summed E-state index contributed by atoms with van der Waals surface area (Å²) in [6, 6.07) is 7.43. The van der Waals surface area contributed by atoms with Crippen LogP contribution in [0.1, 0.15) is 12.5 Å². The molecular formula is C19H23F2N3O. The Hall–Kier alpha value is -2.63. The second-order valence-electron chi connectivity index (χ2n) is 5.76. The molecule has 0 bridgehead atoms. The van der Waals surface area contributed by atoms with Crippen molar-refractivity contribution < 1.29 is 13.5 Å². The van der Waals surface area contributed by atoms with Crippen LogP contribution in [0, 0.1) is 18.6 Å². The molecule has 2 aromatic rings. The molecule has 25 heavy (non-hydrogen) atoms. The molecule has 0 aliphatic heterocycles. The lowest BCUT2D eigenvalue weighted by Crippen LogP contribution is -2.14. The zero-order valence-electron chi connectivity index (χ0n) is 15.2. The number of ether oxygens (including phenoxy) is 1. The SMILES string of the molecule is CCN(C)C=Nc1cc(F)cc(N(C)c2ccc(OC)c(F)c2)c1C. The van der Waals surface area contributed by atoms with Crippen molar-refractivity contribution in [2.45, 2.75) is 13.8 Å². The van der Waals surface area contributed by atoms with E-state index in [1.54, 1.807) is 30.4 Å². The third kappa shape index (κ3) is 4.26. The van der Waals surface area contributed by atoms with Crippen molar-refractivity contribution >= 4 is 23.4 Å². The van der Waals surface area contributed by atoms with Gasteiger partial charge in [0, 0.05) is 38.1 Å². The fraction of sp³-hybridized carbons (Fsp3) is 0.316. The number of nitrogens with zero attached hydrogens (tertiary/aromatic N) is 3. The van der Waals surface area contributed by atoms with Crippen molar-refractivity contribution in [1.29, 1.82) is 0 Å². The van der Waals surface area contributed by atoms with Crippen molar-refractivity contribution in [3.8, 4) is 5.75 Å². The van der Waals surface area contributed by atoms with E-state index in [0.29, 0.717) is 17.1 Å². The predicted octanol–water partition coefficient (Wildman–Crippen LogP) is 4.66. The Morgan fingerprint density at radius 3 is 2.48 bits per heavy atom. The Kier molecular flexibility index (Phi) is 5.96. The third-order valence-electron chi connectivity index (χ3n) is 4.09. The maximum Gasteiger partial charge on any atom is 0.167 e. The number of hydrogen-bond donors (Lipinski definition) is 0. The van der Waals surface area contributed by atoms with Gasteiger partial charge in [-0.1, -0.05) is 0 Å². The summed E-state index contributed by atoms with van der Waals surface area (Å²) in [5.41, 5.74) is 2.56. The smallest absolute Gasteiger partial charge is 0.167 e. The molecule has 0 N–H and O–H groups in total. The lowest BCUT2D eigenvalue weighted by Gasteiger charge is -2.23. The zero-order valence-corrected chi connectivity index (χ0v) is 15.2. The van der Waals surface area contributed by atoms with Crippen LogP contribution in [0.4, 0.5) is 25.8 Å². The highest BCUT2D eigenvalue weighted by atomic mass is 19.1. The van der Waals surface area contributed by atoms with E-state index in [2.05, 4.69) is 4.99 Å². The first-order valence-corrected chi connectivity index (χ1v) is 7.99. The Labute approximate surface area is 147 Å². The summed E-state index contributed by atoms with van der Waals surface area (Å²) in [7, 11) is 5.07. The van der Waals surface area contributed by atoms with Gasteiger partial charge in [0.25, 0.3) is 0 Å². The van der Waals surface area contributed by atoms with Gasteiger partial charge in [0.2, 0.25) is 0 Å². The largest absolute Gasteiger partial charge is 0.494 e. The number of hydrogen-bond acceptors (Lipinski definition) is 3. The van der Waals surface area contributed by atoms with E-state index in [-0.39, 0.29) is 5.75 Å². The normalized spacial score (nSPS) is 11.0. The number of benzene rings is 2. The summed E-state index contributed by atoms with van der Waals surface area (Å²) < 4.78 is 33.0. The van der Waals surface area contributed by atoms with Gasteiger partial charge >= 0.3 is 0 Å². The number of rotatable bonds is 6. The average molecular weight is 347 g/mol. The molecule has 0 aromatic heterocycles. The minimum absolute atomic E-state index is 0.168. The highest BCUT2D eigenvalue weighted by Crippen LogP contribution is 2.34. The molecule has 0 atom stereocenters. The molecule has 0 radical (unpaired) electrons. The fourth-order valence-corrected chi connectivity index (χ4v) is 2.38. The van der Waals surface area contributed by atoms with E-state index >= 15 is 0 Å². The molecule has 6 heteroatoms. The van der Waals surface area contributed by atoms with Crippen molar-refractivity contribution in [3.05, 3.63) is 47.5 Å². The molecule has 0 spiro atoms. The fourth-order valence-electron chi connectivity index (χ4n) is 2.38. The molecule has 0 saturated heterocycles. The molecule has 2 aromatic carbocycles. The molecule has 2 rings (SSSR count). The first-order chi connectivity index (χ1) is 11.9. The average Bonchev–Trinajstić information content (AvgIpc) is 2.61. The second kappa shape index (κ2) is 7.96. The third-order valence-corrected chi connectivity index (χ3v) is 4.09. The summed E-state index contributed by atoms with van der Waals surface area (Å²) in [5, 5.41) is 0. The number of aliphatic imine (C=N–C) groups is 1. The van der Waals surface area contributed by atoms with Crippen LogP contribution in [0.2, 0.25) is 0 Å². The quantitative estimate of drug-likeness (QED) is 0.562. The standard InChI is InChI=1S/C19H23F2N3O/c1-6-23(3)12-22-17-9-14(20)10-18(13(17)2)24(4)15-7-8-19(25-5)16(21)11-15/h7-12H,6H2,1-5H3. The molecule has 0 amide bonds. The summed E-state index contributed by atoms with van der Waals surface area (Å²) in [6.07, 6.45) is 1.67. The van der Waals surface area contributed by atoms with Crippen molar-refractivity contribution in [2.24, 2.45) is 4.99 Å². The lowest BCUT2D eigenvalue weighted by molar-refractivity contribution is 0.386. The van der Waals surface area contributed by atoms with Gasteiger partial charge in [-0.3, -0.25) is 0 Å². The zero-order chi connectivity index (χ0) is 18.6. The Bertz CT molecular complexity index is 778. The number of anilines is 2. The molecule has 0 unspecified atom stereocenters. The second-order valence-corrected chi connectivity index (χ2v) is 5.76. The lowest BCUT2D eigenvalue weighted by atomic mass is 10.1. The minimum Gasteiger partial charge on any atom is -0.494 e. The van der Waals surface area contributed by atoms with Gasteiger partial charge in [0.1, 0.15) is 5.82 Å². The van der Waals surface area contributed by atoms with Crippen LogP contribution in [0.3, 0.4) is 0 Å². The van der Waals surface area contributed by atoms with Crippen molar-refractivity contribution in [2.75, 3.05) is 32.6 Å². The number of halogens is 2. The van der Waals surface area contributed by atoms with E-state index in [1.165, 1.54) is 25.3 Å². The van der Waals surface area contributed by atoms with Crippen LogP contribution in [0.15, 0.2) is 35.3 Å². The molecule has 4 nitrogen and oxygen atoms in total. The van der Waals surface area contributed by atoms with Gasteiger partial charge in [-0.2, -0.15) is 0 Å². The summed E-state index contributed by atoms with van der Waals surface area (Å²) in [6.45, 7) is 4.67. The Morgan fingerprint density at radius 2 is 1.88 bits per heavy atom. The number of methoxy groups -OCH3 is 1. The van der Waals surface area contributed by atoms with E-state index in [4.69, 9.17) is 4.74 Å². The van der Waals surface area contributed by atoms with Crippen LogP contribution in [-0.4, -0.2) is 39.0 Å². The Morgan fingerprint density at radius 1 is 1.16 bits per heavy atom.